The van der Waals surface area contributed by atoms with E-state index in [0.29, 0.717) is 11.8 Å². The Kier molecular flexibility index (Phi) is 2.51. The van der Waals surface area contributed by atoms with E-state index in [4.69, 9.17) is 4.42 Å². The molecular formula is C12H14N4O. The number of aryl methyl sites for hydroxylation is 1. The van der Waals surface area contributed by atoms with Crippen LogP contribution in [0.3, 0.4) is 0 Å². The summed E-state index contributed by atoms with van der Waals surface area (Å²) in [5.74, 6) is 2.13. The minimum atomic E-state index is 0.531. The van der Waals surface area contributed by atoms with Crippen LogP contribution >= 0.6 is 0 Å². The van der Waals surface area contributed by atoms with Gasteiger partial charge in [-0.1, -0.05) is 0 Å². The van der Waals surface area contributed by atoms with Crippen molar-refractivity contribution in [1.82, 2.24) is 15.2 Å². The minimum absolute atomic E-state index is 0.531. The molecule has 2 aromatic rings. The molecule has 0 atom stereocenters. The maximum atomic E-state index is 5.36. The Morgan fingerprint density at radius 1 is 1.18 bits per heavy atom. The minimum Gasteiger partial charge on any atom is -0.421 e. The molecule has 3 heterocycles. The lowest BCUT2D eigenvalue weighted by Crippen LogP contribution is -2.18. The lowest BCUT2D eigenvalue weighted by Gasteiger charge is -2.15. The third-order valence-electron chi connectivity index (χ3n) is 2.95. The SMILES string of the molecule is Cc1nnc(-c2ccc(N3CCCC3)nc2)o1. The maximum Gasteiger partial charge on any atom is 0.249 e. The summed E-state index contributed by atoms with van der Waals surface area (Å²) in [5, 5.41) is 7.78. The molecule has 1 aliphatic rings. The Labute approximate surface area is 99.5 Å². The first-order valence-electron chi connectivity index (χ1n) is 5.84. The Morgan fingerprint density at radius 2 is 2.00 bits per heavy atom. The highest BCUT2D eigenvalue weighted by molar-refractivity contribution is 5.54. The van der Waals surface area contributed by atoms with Crippen molar-refractivity contribution in [1.29, 1.82) is 0 Å². The normalized spacial score (nSPS) is 15.5. The summed E-state index contributed by atoms with van der Waals surface area (Å²) in [6.07, 6.45) is 4.30. The van der Waals surface area contributed by atoms with Crippen molar-refractivity contribution in [2.45, 2.75) is 19.8 Å². The molecule has 1 aliphatic heterocycles. The fourth-order valence-corrected chi connectivity index (χ4v) is 2.06. The number of anilines is 1. The quantitative estimate of drug-likeness (QED) is 0.790. The van der Waals surface area contributed by atoms with Gasteiger partial charge in [-0.15, -0.1) is 10.2 Å². The molecule has 0 N–H and O–H groups in total. The summed E-state index contributed by atoms with van der Waals surface area (Å²) in [6.45, 7) is 3.99. The molecule has 0 bridgehead atoms. The van der Waals surface area contributed by atoms with Gasteiger partial charge in [-0.25, -0.2) is 4.98 Å². The number of hydrogen-bond acceptors (Lipinski definition) is 5. The lowest BCUT2D eigenvalue weighted by molar-refractivity contribution is 0.532. The van der Waals surface area contributed by atoms with E-state index in [1.807, 2.05) is 12.1 Å². The molecule has 0 aliphatic carbocycles. The van der Waals surface area contributed by atoms with Crippen LogP contribution in [0.5, 0.6) is 0 Å². The van der Waals surface area contributed by atoms with Crippen LogP contribution in [0.4, 0.5) is 5.82 Å². The van der Waals surface area contributed by atoms with Crippen molar-refractivity contribution in [3.8, 4) is 11.5 Å². The van der Waals surface area contributed by atoms with Crippen molar-refractivity contribution >= 4 is 5.82 Å². The molecule has 0 radical (unpaired) electrons. The van der Waals surface area contributed by atoms with Crippen molar-refractivity contribution in [3.05, 3.63) is 24.2 Å². The van der Waals surface area contributed by atoms with Crippen LogP contribution in [0.2, 0.25) is 0 Å². The van der Waals surface area contributed by atoms with E-state index in [2.05, 4.69) is 20.1 Å². The van der Waals surface area contributed by atoms with E-state index in [-0.39, 0.29) is 0 Å². The van der Waals surface area contributed by atoms with Gasteiger partial charge in [0.25, 0.3) is 0 Å². The molecule has 0 spiro atoms. The second-order valence-electron chi connectivity index (χ2n) is 4.23. The van der Waals surface area contributed by atoms with E-state index < -0.39 is 0 Å². The van der Waals surface area contributed by atoms with Crippen molar-refractivity contribution in [3.63, 3.8) is 0 Å². The molecule has 17 heavy (non-hydrogen) atoms. The van der Waals surface area contributed by atoms with Gasteiger partial charge < -0.3 is 9.32 Å². The number of aromatic nitrogens is 3. The molecule has 88 valence electrons. The second-order valence-corrected chi connectivity index (χ2v) is 4.23. The van der Waals surface area contributed by atoms with Crippen molar-refractivity contribution < 1.29 is 4.42 Å². The van der Waals surface area contributed by atoms with Crippen LogP contribution < -0.4 is 4.90 Å². The highest BCUT2D eigenvalue weighted by atomic mass is 16.4. The molecule has 0 saturated carbocycles. The third-order valence-corrected chi connectivity index (χ3v) is 2.95. The van der Waals surface area contributed by atoms with Gasteiger partial charge in [-0.2, -0.15) is 0 Å². The molecule has 1 saturated heterocycles. The van der Waals surface area contributed by atoms with Crippen LogP contribution in [-0.4, -0.2) is 28.3 Å². The summed E-state index contributed by atoms with van der Waals surface area (Å²) < 4.78 is 5.36. The van der Waals surface area contributed by atoms with E-state index in [9.17, 15) is 0 Å². The molecule has 3 rings (SSSR count). The Morgan fingerprint density at radius 3 is 2.59 bits per heavy atom. The van der Waals surface area contributed by atoms with Gasteiger partial charge >= 0.3 is 0 Å². The summed E-state index contributed by atoms with van der Waals surface area (Å²) in [7, 11) is 0. The predicted octanol–water partition coefficient (Wildman–Crippen LogP) is 2.04. The molecule has 0 aromatic carbocycles. The van der Waals surface area contributed by atoms with Gasteiger partial charge in [0.2, 0.25) is 11.8 Å². The molecule has 1 fully saturated rings. The van der Waals surface area contributed by atoms with Crippen LogP contribution in [0.15, 0.2) is 22.7 Å². The number of nitrogens with zero attached hydrogens (tertiary/aromatic N) is 4. The van der Waals surface area contributed by atoms with Crippen molar-refractivity contribution in [2.24, 2.45) is 0 Å². The Hall–Kier alpha value is -1.91. The highest BCUT2D eigenvalue weighted by Gasteiger charge is 2.14. The van der Waals surface area contributed by atoms with Gasteiger partial charge in [0, 0.05) is 26.2 Å². The molecule has 5 heteroatoms. The van der Waals surface area contributed by atoms with E-state index in [1.54, 1.807) is 13.1 Å². The molecular weight excluding hydrogens is 216 g/mol. The van der Waals surface area contributed by atoms with Gasteiger partial charge in [-0.05, 0) is 25.0 Å². The summed E-state index contributed by atoms with van der Waals surface area (Å²) >= 11 is 0. The Balaban J connectivity index is 1.84. The third kappa shape index (κ3) is 2.00. The van der Waals surface area contributed by atoms with Gasteiger partial charge in [0.05, 0.1) is 5.56 Å². The summed E-state index contributed by atoms with van der Waals surface area (Å²) in [4.78, 5) is 6.74. The van der Waals surface area contributed by atoms with Crippen molar-refractivity contribution in [2.75, 3.05) is 18.0 Å². The van der Waals surface area contributed by atoms with E-state index in [1.165, 1.54) is 12.8 Å². The predicted molar refractivity (Wildman–Crippen MR) is 63.7 cm³/mol. The number of hydrogen-bond donors (Lipinski definition) is 0. The summed E-state index contributed by atoms with van der Waals surface area (Å²) in [5.41, 5.74) is 0.869. The van der Waals surface area contributed by atoms with Crippen LogP contribution in [0.25, 0.3) is 11.5 Å². The van der Waals surface area contributed by atoms with Gasteiger partial charge in [0.15, 0.2) is 0 Å². The first kappa shape index (κ1) is 10.3. The second kappa shape index (κ2) is 4.16. The molecule has 0 amide bonds. The largest absolute Gasteiger partial charge is 0.421 e. The standard InChI is InChI=1S/C12H14N4O/c1-9-14-15-12(17-9)10-4-5-11(13-8-10)16-6-2-3-7-16/h4-5,8H,2-3,6-7H2,1H3. The average molecular weight is 230 g/mol. The zero-order valence-corrected chi connectivity index (χ0v) is 9.76. The smallest absolute Gasteiger partial charge is 0.249 e. The zero-order valence-electron chi connectivity index (χ0n) is 9.76. The highest BCUT2D eigenvalue weighted by Crippen LogP contribution is 2.21. The molecule has 2 aromatic heterocycles. The Bertz CT molecular complexity index is 499. The average Bonchev–Trinajstić information content (AvgIpc) is 3.00. The van der Waals surface area contributed by atoms with E-state index in [0.717, 1.165) is 24.5 Å². The van der Waals surface area contributed by atoms with Crippen LogP contribution in [0.1, 0.15) is 18.7 Å². The first-order chi connectivity index (χ1) is 8.33. The maximum absolute atomic E-state index is 5.36. The summed E-state index contributed by atoms with van der Waals surface area (Å²) in [6, 6.07) is 3.99. The molecule has 5 nitrogen and oxygen atoms in total. The molecule has 0 unspecified atom stereocenters. The monoisotopic (exact) mass is 230 g/mol. The van der Waals surface area contributed by atoms with E-state index >= 15 is 0 Å². The zero-order chi connectivity index (χ0) is 11.7. The van der Waals surface area contributed by atoms with Crippen LogP contribution in [-0.2, 0) is 0 Å². The topological polar surface area (TPSA) is 55.1 Å². The van der Waals surface area contributed by atoms with Gasteiger partial charge in [-0.3, -0.25) is 0 Å². The number of rotatable bonds is 2. The van der Waals surface area contributed by atoms with Crippen LogP contribution in [0, 0.1) is 6.92 Å². The fraction of sp³-hybridized carbons (Fsp3) is 0.417. The number of pyridine rings is 1. The lowest BCUT2D eigenvalue weighted by atomic mass is 10.3. The van der Waals surface area contributed by atoms with Gasteiger partial charge in [0.1, 0.15) is 5.82 Å². The fourth-order valence-electron chi connectivity index (χ4n) is 2.06. The first-order valence-corrected chi connectivity index (χ1v) is 5.84.